The average molecular weight is 231 g/mol. The molecule has 2 aliphatic heterocycles. The van der Waals surface area contributed by atoms with Gasteiger partial charge in [0.2, 0.25) is 0 Å². The van der Waals surface area contributed by atoms with Gasteiger partial charge < -0.3 is 10.1 Å². The van der Waals surface area contributed by atoms with Crippen LogP contribution in [0.5, 0.6) is 5.75 Å². The van der Waals surface area contributed by atoms with Crippen molar-refractivity contribution >= 4 is 0 Å². The molecule has 1 unspecified atom stereocenters. The summed E-state index contributed by atoms with van der Waals surface area (Å²) in [4.78, 5) is 0. The van der Waals surface area contributed by atoms with Crippen LogP contribution in [0.15, 0.2) is 24.3 Å². The quantitative estimate of drug-likeness (QED) is 0.845. The topological polar surface area (TPSA) is 21.3 Å². The van der Waals surface area contributed by atoms with Crippen molar-refractivity contribution in [3.05, 3.63) is 29.8 Å². The highest BCUT2D eigenvalue weighted by Gasteiger charge is 2.24. The van der Waals surface area contributed by atoms with Gasteiger partial charge in [-0.05, 0) is 62.2 Å². The molecule has 0 radical (unpaired) electrons. The van der Waals surface area contributed by atoms with Gasteiger partial charge in [0.15, 0.2) is 0 Å². The fourth-order valence-electron chi connectivity index (χ4n) is 3.18. The highest BCUT2D eigenvalue weighted by atomic mass is 16.5. The number of para-hydroxylation sites is 1. The summed E-state index contributed by atoms with van der Waals surface area (Å²) in [5.41, 5.74) is 1.44. The lowest BCUT2D eigenvalue weighted by Crippen LogP contribution is -2.29. The third kappa shape index (κ3) is 2.47. The van der Waals surface area contributed by atoms with Crippen LogP contribution in [-0.2, 0) is 0 Å². The molecule has 1 atom stereocenters. The Labute approximate surface area is 103 Å². The third-order valence-electron chi connectivity index (χ3n) is 4.16. The van der Waals surface area contributed by atoms with Crippen LogP contribution in [0.25, 0.3) is 0 Å². The normalized spacial score (nSPS) is 25.1. The highest BCUT2D eigenvalue weighted by Crippen LogP contribution is 2.38. The van der Waals surface area contributed by atoms with E-state index in [1.807, 2.05) is 0 Å². The predicted molar refractivity (Wildman–Crippen MR) is 69.5 cm³/mol. The Bertz CT molecular complexity index is 371. The summed E-state index contributed by atoms with van der Waals surface area (Å²) in [5.74, 6) is 2.76. The number of rotatable bonds is 2. The van der Waals surface area contributed by atoms with Gasteiger partial charge in [0.05, 0.1) is 6.61 Å². The molecule has 1 aromatic rings. The Kier molecular flexibility index (Phi) is 3.32. The second kappa shape index (κ2) is 5.09. The molecule has 3 rings (SSSR count). The molecule has 1 saturated heterocycles. The standard InChI is InChI=1S/C15H21NO/c1-2-4-15-14(3-1)13(7-10-17-15)11-12-5-8-16-9-6-12/h1-4,12-13,16H,5-11H2. The van der Waals surface area contributed by atoms with Crippen LogP contribution in [0.1, 0.15) is 37.2 Å². The summed E-state index contributed by atoms with van der Waals surface area (Å²) in [7, 11) is 0. The number of hydrogen-bond acceptors (Lipinski definition) is 2. The number of hydrogen-bond donors (Lipinski definition) is 1. The summed E-state index contributed by atoms with van der Waals surface area (Å²) in [6.45, 7) is 3.30. The van der Waals surface area contributed by atoms with E-state index in [4.69, 9.17) is 4.74 Å². The molecule has 1 aromatic carbocycles. The van der Waals surface area contributed by atoms with Crippen molar-refractivity contribution in [3.8, 4) is 5.75 Å². The molecular formula is C15H21NO. The Morgan fingerprint density at radius 1 is 1.12 bits per heavy atom. The molecule has 0 aliphatic carbocycles. The highest BCUT2D eigenvalue weighted by molar-refractivity contribution is 5.37. The Balaban J connectivity index is 1.71. The maximum Gasteiger partial charge on any atom is 0.122 e. The summed E-state index contributed by atoms with van der Waals surface area (Å²) < 4.78 is 5.73. The van der Waals surface area contributed by atoms with Gasteiger partial charge in [-0.2, -0.15) is 0 Å². The van der Waals surface area contributed by atoms with Crippen LogP contribution in [-0.4, -0.2) is 19.7 Å². The zero-order valence-electron chi connectivity index (χ0n) is 10.3. The summed E-state index contributed by atoms with van der Waals surface area (Å²) in [6.07, 6.45) is 5.24. The zero-order chi connectivity index (χ0) is 11.5. The van der Waals surface area contributed by atoms with Gasteiger partial charge in [0, 0.05) is 0 Å². The number of piperidine rings is 1. The van der Waals surface area contributed by atoms with E-state index in [9.17, 15) is 0 Å². The van der Waals surface area contributed by atoms with E-state index in [2.05, 4.69) is 29.6 Å². The minimum absolute atomic E-state index is 0.725. The molecule has 92 valence electrons. The lowest BCUT2D eigenvalue weighted by Gasteiger charge is -2.31. The summed E-state index contributed by atoms with van der Waals surface area (Å²) in [6, 6.07) is 8.58. The Morgan fingerprint density at radius 2 is 1.94 bits per heavy atom. The van der Waals surface area contributed by atoms with E-state index < -0.39 is 0 Å². The van der Waals surface area contributed by atoms with Crippen LogP contribution in [0, 0.1) is 5.92 Å². The minimum Gasteiger partial charge on any atom is -0.493 e. The first-order chi connectivity index (χ1) is 8.43. The largest absolute Gasteiger partial charge is 0.493 e. The number of benzene rings is 1. The molecule has 2 heteroatoms. The second-order valence-electron chi connectivity index (χ2n) is 5.30. The molecule has 0 saturated carbocycles. The Morgan fingerprint density at radius 3 is 2.82 bits per heavy atom. The first-order valence-electron chi connectivity index (χ1n) is 6.86. The van der Waals surface area contributed by atoms with Crippen LogP contribution in [0.4, 0.5) is 0 Å². The molecule has 1 fully saturated rings. The lowest BCUT2D eigenvalue weighted by molar-refractivity contribution is 0.240. The maximum atomic E-state index is 5.73. The van der Waals surface area contributed by atoms with Crippen molar-refractivity contribution in [2.75, 3.05) is 19.7 Å². The number of fused-ring (bicyclic) bond motifs is 1. The molecule has 2 heterocycles. The average Bonchev–Trinajstić information content (AvgIpc) is 2.40. The van der Waals surface area contributed by atoms with Gasteiger partial charge in [-0.3, -0.25) is 0 Å². The van der Waals surface area contributed by atoms with Crippen LogP contribution in [0.3, 0.4) is 0 Å². The molecule has 1 N–H and O–H groups in total. The molecule has 0 bridgehead atoms. The molecule has 0 spiro atoms. The van der Waals surface area contributed by atoms with E-state index in [1.165, 1.54) is 44.3 Å². The van der Waals surface area contributed by atoms with Gasteiger partial charge >= 0.3 is 0 Å². The van der Waals surface area contributed by atoms with Gasteiger partial charge in [0.1, 0.15) is 5.75 Å². The molecule has 17 heavy (non-hydrogen) atoms. The van der Waals surface area contributed by atoms with Gasteiger partial charge in [-0.25, -0.2) is 0 Å². The summed E-state index contributed by atoms with van der Waals surface area (Å²) >= 11 is 0. The Hall–Kier alpha value is -1.02. The van der Waals surface area contributed by atoms with Crippen LogP contribution < -0.4 is 10.1 Å². The SMILES string of the molecule is c1ccc2c(c1)OCCC2CC1CCNCC1. The fraction of sp³-hybridized carbons (Fsp3) is 0.600. The maximum absolute atomic E-state index is 5.73. The molecule has 2 aliphatic rings. The van der Waals surface area contributed by atoms with Crippen LogP contribution in [0.2, 0.25) is 0 Å². The van der Waals surface area contributed by atoms with Crippen molar-refractivity contribution in [1.29, 1.82) is 0 Å². The van der Waals surface area contributed by atoms with Crippen molar-refractivity contribution in [3.63, 3.8) is 0 Å². The monoisotopic (exact) mass is 231 g/mol. The lowest BCUT2D eigenvalue weighted by atomic mass is 9.81. The van der Waals surface area contributed by atoms with E-state index in [-0.39, 0.29) is 0 Å². The van der Waals surface area contributed by atoms with Crippen molar-refractivity contribution in [2.45, 2.75) is 31.6 Å². The minimum atomic E-state index is 0.725. The first kappa shape index (κ1) is 11.1. The van der Waals surface area contributed by atoms with Crippen molar-refractivity contribution in [2.24, 2.45) is 5.92 Å². The number of nitrogens with one attached hydrogen (secondary N) is 1. The zero-order valence-corrected chi connectivity index (χ0v) is 10.3. The van der Waals surface area contributed by atoms with E-state index >= 15 is 0 Å². The van der Waals surface area contributed by atoms with Gasteiger partial charge in [0.25, 0.3) is 0 Å². The first-order valence-corrected chi connectivity index (χ1v) is 6.86. The van der Waals surface area contributed by atoms with Crippen molar-refractivity contribution < 1.29 is 4.74 Å². The smallest absolute Gasteiger partial charge is 0.122 e. The second-order valence-corrected chi connectivity index (χ2v) is 5.30. The predicted octanol–water partition coefficient (Wildman–Crippen LogP) is 2.94. The molecule has 0 amide bonds. The molecule has 0 aromatic heterocycles. The van der Waals surface area contributed by atoms with E-state index in [0.29, 0.717) is 0 Å². The van der Waals surface area contributed by atoms with Gasteiger partial charge in [-0.15, -0.1) is 0 Å². The van der Waals surface area contributed by atoms with E-state index in [0.717, 1.165) is 24.2 Å². The van der Waals surface area contributed by atoms with Gasteiger partial charge in [-0.1, -0.05) is 18.2 Å². The third-order valence-corrected chi connectivity index (χ3v) is 4.16. The molecular weight excluding hydrogens is 210 g/mol. The fourth-order valence-corrected chi connectivity index (χ4v) is 3.18. The number of ether oxygens (including phenoxy) is 1. The van der Waals surface area contributed by atoms with E-state index in [1.54, 1.807) is 0 Å². The van der Waals surface area contributed by atoms with Crippen molar-refractivity contribution in [1.82, 2.24) is 5.32 Å². The van der Waals surface area contributed by atoms with Crippen LogP contribution >= 0.6 is 0 Å². The molecule has 2 nitrogen and oxygen atoms in total. The summed E-state index contributed by atoms with van der Waals surface area (Å²) in [5, 5.41) is 3.45.